The number of carboxylic acids is 1. The Morgan fingerprint density at radius 3 is 2.74 bits per heavy atom. The maximum absolute atomic E-state index is 11.5. The van der Waals surface area contributed by atoms with Crippen LogP contribution in [0.2, 0.25) is 0 Å². The molecule has 3 rings (SSSR count). The lowest BCUT2D eigenvalue weighted by Gasteiger charge is -2.06. The maximum atomic E-state index is 11.5. The van der Waals surface area contributed by atoms with E-state index in [9.17, 15) is 9.90 Å². The Kier molecular flexibility index (Phi) is 3.94. The second kappa shape index (κ2) is 6.05. The molecule has 2 aromatic heterocycles. The Balaban J connectivity index is 2.13. The summed E-state index contributed by atoms with van der Waals surface area (Å²) in [6.45, 7) is 0. The van der Waals surface area contributed by atoms with Crippen molar-refractivity contribution < 1.29 is 14.6 Å². The molecule has 3 aromatic rings. The molecule has 0 atom stereocenters. The quantitative estimate of drug-likeness (QED) is 0.714. The van der Waals surface area contributed by atoms with Gasteiger partial charge in [0.15, 0.2) is 0 Å². The monoisotopic (exact) mass is 327 g/mol. The number of nitrogens with two attached hydrogens (primary N) is 1. The Bertz CT molecular complexity index is 862. The largest absolute Gasteiger partial charge is 0.495 e. The van der Waals surface area contributed by atoms with Crippen molar-refractivity contribution in [2.45, 2.75) is 0 Å². The second-order valence-electron chi connectivity index (χ2n) is 4.67. The highest BCUT2D eigenvalue weighted by atomic mass is 32.1. The second-order valence-corrected chi connectivity index (χ2v) is 5.67. The number of carbonyl (C=O) groups is 1. The molecule has 2 heterocycles. The molecule has 0 unspecified atom stereocenters. The zero-order chi connectivity index (χ0) is 16.4. The summed E-state index contributed by atoms with van der Waals surface area (Å²) in [5.41, 5.74) is 7.96. The first-order valence-corrected chi connectivity index (χ1v) is 7.51. The molecule has 3 N–H and O–H groups in total. The van der Waals surface area contributed by atoms with Gasteiger partial charge in [0, 0.05) is 11.8 Å². The van der Waals surface area contributed by atoms with Crippen LogP contribution in [0.3, 0.4) is 0 Å². The zero-order valence-corrected chi connectivity index (χ0v) is 13.0. The van der Waals surface area contributed by atoms with Crippen molar-refractivity contribution in [3.05, 3.63) is 47.5 Å². The Morgan fingerprint density at radius 1 is 1.30 bits per heavy atom. The highest BCUT2D eigenvalue weighted by Gasteiger charge is 2.20. The van der Waals surface area contributed by atoms with E-state index >= 15 is 0 Å². The van der Waals surface area contributed by atoms with E-state index in [0.29, 0.717) is 33.4 Å². The molecule has 0 aliphatic heterocycles. The molecule has 6 nitrogen and oxygen atoms in total. The molecule has 0 fully saturated rings. The van der Waals surface area contributed by atoms with Crippen LogP contribution in [0, 0.1) is 0 Å². The third-order valence-corrected chi connectivity index (χ3v) is 4.27. The summed E-state index contributed by atoms with van der Waals surface area (Å²) in [5.74, 6) is -0.500. The van der Waals surface area contributed by atoms with Gasteiger partial charge >= 0.3 is 5.97 Å². The summed E-state index contributed by atoms with van der Waals surface area (Å²) in [7, 11) is 1.52. The van der Waals surface area contributed by atoms with Gasteiger partial charge in [-0.1, -0.05) is 6.07 Å². The van der Waals surface area contributed by atoms with Crippen LogP contribution in [0.1, 0.15) is 9.67 Å². The van der Waals surface area contributed by atoms with E-state index in [1.807, 2.05) is 6.07 Å². The summed E-state index contributed by atoms with van der Waals surface area (Å²) >= 11 is 1.09. The van der Waals surface area contributed by atoms with Crippen molar-refractivity contribution in [1.82, 2.24) is 9.97 Å². The molecule has 0 spiro atoms. The number of ether oxygens (including phenoxy) is 1. The smallest absolute Gasteiger partial charge is 0.348 e. The van der Waals surface area contributed by atoms with Crippen LogP contribution >= 0.6 is 11.3 Å². The van der Waals surface area contributed by atoms with Crippen LogP contribution in [0.5, 0.6) is 5.75 Å². The predicted octanol–water partition coefficient (Wildman–Crippen LogP) is 3.16. The van der Waals surface area contributed by atoms with Crippen LogP contribution in [-0.4, -0.2) is 28.2 Å². The van der Waals surface area contributed by atoms with E-state index in [1.54, 1.807) is 36.5 Å². The molecular weight excluding hydrogens is 314 g/mol. The van der Waals surface area contributed by atoms with Crippen LogP contribution in [0.25, 0.3) is 22.0 Å². The number of benzene rings is 1. The molecule has 0 saturated heterocycles. The lowest BCUT2D eigenvalue weighted by Crippen LogP contribution is -1.97. The molecule has 1 aromatic carbocycles. The number of hydrogen-bond donors (Lipinski definition) is 2. The van der Waals surface area contributed by atoms with Gasteiger partial charge in [-0.2, -0.15) is 0 Å². The van der Waals surface area contributed by atoms with Gasteiger partial charge < -0.3 is 15.6 Å². The van der Waals surface area contributed by atoms with Crippen molar-refractivity contribution >= 4 is 23.0 Å². The zero-order valence-electron chi connectivity index (χ0n) is 12.2. The van der Waals surface area contributed by atoms with Crippen molar-refractivity contribution in [3.63, 3.8) is 0 Å². The molecule has 0 aliphatic rings. The topological polar surface area (TPSA) is 98.3 Å². The maximum Gasteiger partial charge on any atom is 0.348 e. The number of anilines is 1. The molecule has 0 amide bonds. The summed E-state index contributed by atoms with van der Waals surface area (Å²) in [5, 5.41) is 10.00. The first-order valence-electron chi connectivity index (χ1n) is 6.69. The van der Waals surface area contributed by atoms with Gasteiger partial charge in [0.2, 0.25) is 0 Å². The van der Waals surface area contributed by atoms with Gasteiger partial charge in [-0.3, -0.25) is 4.98 Å². The van der Waals surface area contributed by atoms with Crippen LogP contribution in [0.4, 0.5) is 5.69 Å². The van der Waals surface area contributed by atoms with Gasteiger partial charge in [-0.25, -0.2) is 9.78 Å². The van der Waals surface area contributed by atoms with Gasteiger partial charge in [0.05, 0.1) is 24.2 Å². The van der Waals surface area contributed by atoms with E-state index in [4.69, 9.17) is 10.5 Å². The number of aromatic carboxylic acids is 1. The molecule has 0 saturated carbocycles. The Labute approximate surface area is 136 Å². The highest BCUT2D eigenvalue weighted by Crippen LogP contribution is 2.35. The van der Waals surface area contributed by atoms with Crippen molar-refractivity contribution in [2.75, 3.05) is 12.8 Å². The number of pyridine rings is 1. The Morgan fingerprint density at radius 2 is 2.13 bits per heavy atom. The minimum absolute atomic E-state index is 0.148. The number of nitrogens with zero attached hydrogens (tertiary/aromatic N) is 2. The molecule has 23 heavy (non-hydrogen) atoms. The van der Waals surface area contributed by atoms with Gasteiger partial charge in [0.25, 0.3) is 0 Å². The predicted molar refractivity (Wildman–Crippen MR) is 88.7 cm³/mol. The third-order valence-electron chi connectivity index (χ3n) is 3.21. The normalized spacial score (nSPS) is 10.5. The Hall–Kier alpha value is -2.93. The van der Waals surface area contributed by atoms with E-state index in [-0.39, 0.29) is 4.88 Å². The van der Waals surface area contributed by atoms with Crippen molar-refractivity contribution in [1.29, 1.82) is 0 Å². The van der Waals surface area contributed by atoms with Crippen LogP contribution in [-0.2, 0) is 0 Å². The van der Waals surface area contributed by atoms with Gasteiger partial charge in [-0.05, 0) is 30.3 Å². The van der Waals surface area contributed by atoms with Crippen molar-refractivity contribution in [3.8, 4) is 27.7 Å². The summed E-state index contributed by atoms with van der Waals surface area (Å²) < 4.78 is 5.12. The van der Waals surface area contributed by atoms with Crippen molar-refractivity contribution in [2.24, 2.45) is 0 Å². The number of thiazole rings is 1. The average molecular weight is 327 g/mol. The fourth-order valence-electron chi connectivity index (χ4n) is 2.14. The van der Waals surface area contributed by atoms with E-state index in [2.05, 4.69) is 9.97 Å². The number of aromatic nitrogens is 2. The summed E-state index contributed by atoms with van der Waals surface area (Å²) in [4.78, 5) is 20.3. The van der Waals surface area contributed by atoms with E-state index in [0.717, 1.165) is 11.3 Å². The first-order chi connectivity index (χ1) is 11.1. The minimum atomic E-state index is -1.03. The number of hydrogen-bond acceptors (Lipinski definition) is 6. The molecule has 0 bridgehead atoms. The number of rotatable bonds is 4. The highest BCUT2D eigenvalue weighted by molar-refractivity contribution is 7.17. The molecule has 7 heteroatoms. The van der Waals surface area contributed by atoms with Gasteiger partial charge in [0.1, 0.15) is 15.6 Å². The standard InChI is InChI=1S/C16H13N3O3S/c1-22-12-6-5-9(8-10(12)17)13-14(16(20)21)23-15(19-13)11-4-2-3-7-18-11/h2-8H,17H2,1H3,(H,20,21). The average Bonchev–Trinajstić information content (AvgIpc) is 3.01. The lowest BCUT2D eigenvalue weighted by molar-refractivity contribution is 0.0702. The fourth-order valence-corrected chi connectivity index (χ4v) is 3.04. The fraction of sp³-hybridized carbons (Fsp3) is 0.0625. The number of methoxy groups -OCH3 is 1. The molecule has 116 valence electrons. The van der Waals surface area contributed by atoms with E-state index < -0.39 is 5.97 Å². The molecule has 0 radical (unpaired) electrons. The van der Waals surface area contributed by atoms with E-state index in [1.165, 1.54) is 7.11 Å². The molecule has 0 aliphatic carbocycles. The number of carboxylic acid groups (broad SMARTS) is 1. The first kappa shape index (κ1) is 15.0. The third kappa shape index (κ3) is 2.86. The summed E-state index contributed by atoms with van der Waals surface area (Å²) in [6, 6.07) is 10.5. The van der Waals surface area contributed by atoms with Crippen LogP contribution < -0.4 is 10.5 Å². The number of nitrogen functional groups attached to an aromatic ring is 1. The molecular formula is C16H13N3O3S. The SMILES string of the molecule is COc1ccc(-c2nc(-c3ccccn3)sc2C(=O)O)cc1N. The lowest BCUT2D eigenvalue weighted by atomic mass is 10.1. The van der Waals surface area contributed by atoms with Crippen LogP contribution in [0.15, 0.2) is 42.6 Å². The van der Waals surface area contributed by atoms with Gasteiger partial charge in [-0.15, -0.1) is 11.3 Å². The summed E-state index contributed by atoms with van der Waals surface area (Å²) in [6.07, 6.45) is 1.64. The minimum Gasteiger partial charge on any atom is -0.495 e.